The van der Waals surface area contributed by atoms with E-state index in [0.717, 1.165) is 16.7 Å². The Labute approximate surface area is 204 Å². The lowest BCUT2D eigenvalue weighted by molar-refractivity contribution is -0.141. The van der Waals surface area contributed by atoms with E-state index >= 15 is 0 Å². The van der Waals surface area contributed by atoms with Gasteiger partial charge in [-0.3, -0.25) is 9.59 Å². The first kappa shape index (κ1) is 25.2. The van der Waals surface area contributed by atoms with Crippen LogP contribution in [0, 0.1) is 0 Å². The van der Waals surface area contributed by atoms with Crippen molar-refractivity contribution < 1.29 is 9.59 Å². The molecule has 4 heteroatoms. The Morgan fingerprint density at radius 2 is 1.38 bits per heavy atom. The first-order valence-electron chi connectivity index (χ1n) is 12.2. The molecule has 0 aliphatic carbocycles. The number of hydrogen-bond acceptors (Lipinski definition) is 2. The third kappa shape index (κ3) is 7.31. The first-order valence-corrected chi connectivity index (χ1v) is 12.2. The van der Waals surface area contributed by atoms with Crippen LogP contribution >= 0.6 is 0 Å². The topological polar surface area (TPSA) is 49.4 Å². The summed E-state index contributed by atoms with van der Waals surface area (Å²) in [5, 5.41) is 2.94. The van der Waals surface area contributed by atoms with Crippen molar-refractivity contribution in [3.8, 4) is 0 Å². The van der Waals surface area contributed by atoms with Crippen LogP contribution in [0.1, 0.15) is 55.4 Å². The summed E-state index contributed by atoms with van der Waals surface area (Å²) in [5.41, 5.74) is 4.48. The Hall–Kier alpha value is -3.40. The second kappa shape index (κ2) is 12.7. The van der Waals surface area contributed by atoms with Gasteiger partial charge >= 0.3 is 0 Å². The van der Waals surface area contributed by atoms with Crippen molar-refractivity contribution in [3.05, 3.63) is 107 Å². The summed E-state index contributed by atoms with van der Waals surface area (Å²) in [5.74, 6) is 0.355. The molecule has 1 N–H and O–H groups in total. The van der Waals surface area contributed by atoms with E-state index in [1.807, 2.05) is 67.6 Å². The van der Waals surface area contributed by atoms with E-state index in [4.69, 9.17) is 0 Å². The number of likely N-dealkylation sites (N-methyl/N-ethyl adjacent to an activating group) is 1. The van der Waals surface area contributed by atoms with Crippen molar-refractivity contribution in [2.45, 2.75) is 58.5 Å². The van der Waals surface area contributed by atoms with Crippen LogP contribution < -0.4 is 5.32 Å². The monoisotopic (exact) mass is 456 g/mol. The molecule has 34 heavy (non-hydrogen) atoms. The number of nitrogens with zero attached hydrogens (tertiary/aromatic N) is 1. The fourth-order valence-electron chi connectivity index (χ4n) is 4.09. The van der Waals surface area contributed by atoms with Gasteiger partial charge in [0.05, 0.1) is 0 Å². The van der Waals surface area contributed by atoms with Crippen molar-refractivity contribution in [2.75, 3.05) is 6.54 Å². The lowest BCUT2D eigenvalue weighted by Crippen LogP contribution is -2.50. The highest BCUT2D eigenvalue weighted by Gasteiger charge is 2.29. The number of carbonyl (C=O) groups is 2. The number of rotatable bonds is 11. The molecule has 0 aliphatic rings. The number of hydrogen-bond donors (Lipinski definition) is 1. The lowest BCUT2D eigenvalue weighted by Gasteiger charge is -2.31. The zero-order chi connectivity index (χ0) is 24.3. The Morgan fingerprint density at radius 3 is 1.94 bits per heavy atom. The number of benzene rings is 3. The summed E-state index contributed by atoms with van der Waals surface area (Å²) in [6.45, 7) is 7.18. The second-order valence-electron chi connectivity index (χ2n) is 9.00. The predicted octanol–water partition coefficient (Wildman–Crippen LogP) is 5.52. The maximum atomic E-state index is 13.6. The van der Waals surface area contributed by atoms with Gasteiger partial charge in [-0.25, -0.2) is 0 Å². The van der Waals surface area contributed by atoms with E-state index in [1.54, 1.807) is 4.90 Å². The molecule has 1 atom stereocenters. The van der Waals surface area contributed by atoms with Crippen LogP contribution in [0.15, 0.2) is 84.9 Å². The minimum atomic E-state index is -0.571. The summed E-state index contributed by atoms with van der Waals surface area (Å²) in [4.78, 5) is 28.5. The van der Waals surface area contributed by atoms with Crippen LogP contribution in [0.25, 0.3) is 0 Å². The molecule has 0 heterocycles. The standard InChI is InChI=1S/C30H36N2O2/c1-4-31-30(34)28(21-25-11-7-5-8-12-25)32(22-26-13-9-6-10-14-26)29(33)20-17-24-15-18-27(19-16-24)23(2)3/h5-16,18-19,23,28H,4,17,20-22H2,1-3H3,(H,31,34). The van der Waals surface area contributed by atoms with E-state index in [-0.39, 0.29) is 11.8 Å². The summed E-state index contributed by atoms with van der Waals surface area (Å²) < 4.78 is 0. The van der Waals surface area contributed by atoms with Crippen LogP contribution in [0.5, 0.6) is 0 Å². The molecule has 0 saturated carbocycles. The Bertz CT molecular complexity index is 1030. The van der Waals surface area contributed by atoms with E-state index in [2.05, 4.69) is 43.4 Å². The van der Waals surface area contributed by atoms with Crippen molar-refractivity contribution >= 4 is 11.8 Å². The molecule has 0 aliphatic heterocycles. The molecule has 0 spiro atoms. The molecule has 0 fully saturated rings. The maximum Gasteiger partial charge on any atom is 0.243 e. The third-order valence-electron chi connectivity index (χ3n) is 6.09. The second-order valence-corrected chi connectivity index (χ2v) is 9.00. The Kier molecular flexibility index (Phi) is 9.45. The molecule has 3 aromatic carbocycles. The number of carbonyl (C=O) groups excluding carboxylic acids is 2. The minimum Gasteiger partial charge on any atom is -0.355 e. The molecule has 0 saturated heterocycles. The minimum absolute atomic E-state index is 0.0102. The largest absolute Gasteiger partial charge is 0.355 e. The molecule has 4 nitrogen and oxygen atoms in total. The quantitative estimate of drug-likeness (QED) is 0.413. The summed E-state index contributed by atoms with van der Waals surface area (Å²) in [7, 11) is 0. The molecular formula is C30H36N2O2. The highest BCUT2D eigenvalue weighted by atomic mass is 16.2. The Balaban J connectivity index is 1.83. The number of amides is 2. The van der Waals surface area contributed by atoms with Gasteiger partial charge in [0.2, 0.25) is 11.8 Å². The van der Waals surface area contributed by atoms with Crippen molar-refractivity contribution in [1.82, 2.24) is 10.2 Å². The first-order chi connectivity index (χ1) is 16.5. The van der Waals surface area contributed by atoms with Crippen LogP contribution in [-0.2, 0) is 29.0 Å². The van der Waals surface area contributed by atoms with Gasteiger partial charge in [-0.15, -0.1) is 0 Å². The SMILES string of the molecule is CCNC(=O)C(Cc1ccccc1)N(Cc1ccccc1)C(=O)CCc1ccc(C(C)C)cc1. The fourth-order valence-corrected chi connectivity index (χ4v) is 4.09. The lowest BCUT2D eigenvalue weighted by atomic mass is 9.99. The molecule has 3 rings (SSSR count). The van der Waals surface area contributed by atoms with E-state index in [9.17, 15) is 9.59 Å². The van der Waals surface area contributed by atoms with Gasteiger partial charge in [0.25, 0.3) is 0 Å². The predicted molar refractivity (Wildman–Crippen MR) is 138 cm³/mol. The van der Waals surface area contributed by atoms with Gasteiger partial charge < -0.3 is 10.2 Å². The Morgan fingerprint density at radius 1 is 0.794 bits per heavy atom. The zero-order valence-electron chi connectivity index (χ0n) is 20.5. The van der Waals surface area contributed by atoms with Crippen molar-refractivity contribution in [3.63, 3.8) is 0 Å². The highest BCUT2D eigenvalue weighted by Crippen LogP contribution is 2.18. The van der Waals surface area contributed by atoms with Gasteiger partial charge in [-0.05, 0) is 41.5 Å². The highest BCUT2D eigenvalue weighted by molar-refractivity contribution is 5.88. The van der Waals surface area contributed by atoms with Crippen LogP contribution in [0.2, 0.25) is 0 Å². The molecule has 0 aromatic heterocycles. The molecule has 2 amide bonds. The summed E-state index contributed by atoms with van der Waals surface area (Å²) >= 11 is 0. The van der Waals surface area contributed by atoms with Crippen LogP contribution in [-0.4, -0.2) is 29.3 Å². The smallest absolute Gasteiger partial charge is 0.243 e. The average molecular weight is 457 g/mol. The van der Waals surface area contributed by atoms with Gasteiger partial charge in [0, 0.05) is 25.9 Å². The average Bonchev–Trinajstić information content (AvgIpc) is 2.86. The molecular weight excluding hydrogens is 420 g/mol. The number of aryl methyl sites for hydroxylation is 1. The normalized spacial score (nSPS) is 11.8. The van der Waals surface area contributed by atoms with Crippen molar-refractivity contribution in [2.24, 2.45) is 0 Å². The summed E-state index contributed by atoms with van der Waals surface area (Å²) in [6.07, 6.45) is 1.49. The maximum absolute atomic E-state index is 13.6. The van der Waals surface area contributed by atoms with Crippen LogP contribution in [0.3, 0.4) is 0 Å². The van der Waals surface area contributed by atoms with Gasteiger partial charge in [0.1, 0.15) is 6.04 Å². The summed E-state index contributed by atoms with van der Waals surface area (Å²) in [6, 6.07) is 27.7. The molecule has 3 aromatic rings. The van der Waals surface area contributed by atoms with Gasteiger partial charge in [-0.1, -0.05) is 98.8 Å². The van der Waals surface area contributed by atoms with Gasteiger partial charge in [0.15, 0.2) is 0 Å². The molecule has 0 bridgehead atoms. The fraction of sp³-hybridized carbons (Fsp3) is 0.333. The van der Waals surface area contributed by atoms with Gasteiger partial charge in [-0.2, -0.15) is 0 Å². The van der Waals surface area contributed by atoms with E-state index < -0.39 is 6.04 Å². The van der Waals surface area contributed by atoms with Crippen LogP contribution in [0.4, 0.5) is 0 Å². The van der Waals surface area contributed by atoms with E-state index in [0.29, 0.717) is 38.3 Å². The van der Waals surface area contributed by atoms with E-state index in [1.165, 1.54) is 5.56 Å². The molecule has 0 radical (unpaired) electrons. The molecule has 1 unspecified atom stereocenters. The molecule has 178 valence electrons. The number of nitrogens with one attached hydrogen (secondary N) is 1. The third-order valence-corrected chi connectivity index (χ3v) is 6.09. The zero-order valence-corrected chi connectivity index (χ0v) is 20.5. The van der Waals surface area contributed by atoms with Crippen molar-refractivity contribution in [1.29, 1.82) is 0 Å².